The van der Waals surface area contributed by atoms with Gasteiger partial charge in [-0.15, -0.1) is 11.3 Å². The van der Waals surface area contributed by atoms with Crippen LogP contribution in [0.2, 0.25) is 5.15 Å². The highest BCUT2D eigenvalue weighted by Gasteiger charge is 2.19. The first-order valence-corrected chi connectivity index (χ1v) is 11.6. The van der Waals surface area contributed by atoms with Crippen molar-refractivity contribution in [2.24, 2.45) is 0 Å². The van der Waals surface area contributed by atoms with Crippen molar-refractivity contribution in [1.29, 1.82) is 0 Å². The topological polar surface area (TPSA) is 57.7 Å². The molecule has 4 aromatic rings. The van der Waals surface area contributed by atoms with Gasteiger partial charge in [-0.3, -0.25) is 0 Å². The van der Waals surface area contributed by atoms with E-state index in [0.717, 1.165) is 29.3 Å². The lowest BCUT2D eigenvalue weighted by molar-refractivity contribution is 0.0528. The van der Waals surface area contributed by atoms with Crippen molar-refractivity contribution in [2.75, 3.05) is 6.61 Å². The molecule has 0 saturated carbocycles. The average Bonchev–Trinajstić information content (AvgIpc) is 3.23. The van der Waals surface area contributed by atoms with E-state index in [1.807, 2.05) is 18.4 Å². The molecule has 0 radical (unpaired) electrons. The van der Waals surface area contributed by atoms with Crippen molar-refractivity contribution in [2.45, 2.75) is 34.5 Å². The summed E-state index contributed by atoms with van der Waals surface area (Å²) in [6.07, 6.45) is 1.41. The number of pyridine rings is 1. The van der Waals surface area contributed by atoms with Gasteiger partial charge in [0.2, 0.25) is 0 Å². The number of benzene rings is 2. The van der Waals surface area contributed by atoms with Gasteiger partial charge < -0.3 is 14.2 Å². The normalized spacial score (nSPS) is 10.7. The molecule has 2 heterocycles. The fourth-order valence-corrected chi connectivity index (χ4v) is 4.75. The molecule has 2 aromatic heterocycles. The van der Waals surface area contributed by atoms with E-state index in [1.165, 1.54) is 17.5 Å². The number of thiophene rings is 1. The van der Waals surface area contributed by atoms with Crippen LogP contribution in [0.1, 0.15) is 41.4 Å². The zero-order valence-corrected chi connectivity index (χ0v) is 19.9. The molecule has 0 aliphatic carbocycles. The van der Waals surface area contributed by atoms with Crippen LogP contribution in [0.4, 0.5) is 8.78 Å². The maximum Gasteiger partial charge on any atom is 0.341 e. The van der Waals surface area contributed by atoms with Gasteiger partial charge >= 0.3 is 5.97 Å². The Balaban J connectivity index is 0.00000342. The Morgan fingerprint density at radius 3 is 2.43 bits per heavy atom. The van der Waals surface area contributed by atoms with Crippen molar-refractivity contribution in [3.05, 3.63) is 87.0 Å². The molecule has 2 aromatic carbocycles. The van der Waals surface area contributed by atoms with Crippen LogP contribution in [0, 0.1) is 18.6 Å². The van der Waals surface area contributed by atoms with Crippen molar-refractivity contribution >= 4 is 39.0 Å². The number of aromatic nitrogens is 1. The van der Waals surface area contributed by atoms with Crippen LogP contribution in [0.25, 0.3) is 10.1 Å². The van der Waals surface area contributed by atoms with Gasteiger partial charge in [-0.2, -0.15) is 0 Å². The number of carbonyl (C=O) groups excluding carboxylic acids is 1. The van der Waals surface area contributed by atoms with Gasteiger partial charge in [-0.1, -0.05) is 19.0 Å². The molecule has 0 amide bonds. The van der Waals surface area contributed by atoms with Crippen LogP contribution >= 0.6 is 22.9 Å². The minimum absolute atomic E-state index is 0. The zero-order valence-electron chi connectivity index (χ0n) is 18.4. The fourth-order valence-electron chi connectivity index (χ4n) is 3.38. The second-order valence-corrected chi connectivity index (χ2v) is 8.68. The van der Waals surface area contributed by atoms with Crippen LogP contribution in [0.5, 0.6) is 11.5 Å². The molecule has 0 fully saturated rings. The van der Waals surface area contributed by atoms with E-state index in [4.69, 9.17) is 25.8 Å². The number of hydrogen-bond donors (Lipinski definition) is 0. The third-order valence-corrected chi connectivity index (χ3v) is 6.29. The highest BCUT2D eigenvalue weighted by Crippen LogP contribution is 2.35. The fraction of sp³-hybridized carbons (Fsp3) is 0.231. The van der Waals surface area contributed by atoms with E-state index in [1.54, 1.807) is 19.1 Å². The molecule has 0 bridgehead atoms. The maximum atomic E-state index is 13.9. The van der Waals surface area contributed by atoms with Crippen molar-refractivity contribution in [1.82, 2.24) is 4.98 Å². The molecular weight excluding hydrogens is 496 g/mol. The molecule has 0 N–H and O–H groups in total. The standard InChI is InChI=1S/C25H20ClF2NO4S.CH4/c1-3-31-25(30)20-10-29-24(26)22-16(13-34-23(20)22)12-33-19-7-14(2)6-18(9-19)32-11-15-8-17(27)4-5-21(15)28;/h4-10,13H,3,11-12H2,1-2H3;1H4. The number of carbonyl (C=O) groups is 1. The number of rotatable bonds is 8. The molecular formula is C26H24ClF2NO4S. The lowest BCUT2D eigenvalue weighted by Crippen LogP contribution is -2.05. The Kier molecular flexibility index (Phi) is 8.64. The quantitative estimate of drug-likeness (QED) is 0.178. The lowest BCUT2D eigenvalue weighted by Gasteiger charge is -2.12. The highest BCUT2D eigenvalue weighted by atomic mass is 35.5. The summed E-state index contributed by atoms with van der Waals surface area (Å²) in [5.41, 5.74) is 2.11. The van der Waals surface area contributed by atoms with Gasteiger partial charge in [0.15, 0.2) is 0 Å². The average molecular weight is 520 g/mol. The highest BCUT2D eigenvalue weighted by molar-refractivity contribution is 7.17. The molecule has 35 heavy (non-hydrogen) atoms. The minimum atomic E-state index is -0.539. The molecule has 9 heteroatoms. The molecule has 0 unspecified atom stereocenters. The Morgan fingerprint density at radius 2 is 1.74 bits per heavy atom. The third-order valence-electron chi connectivity index (χ3n) is 4.94. The number of hydrogen-bond acceptors (Lipinski definition) is 6. The molecule has 0 spiro atoms. The SMILES string of the molecule is C.CCOC(=O)c1cnc(Cl)c2c(COc3cc(C)cc(OCc4cc(F)ccc4F)c3)csc12. The summed E-state index contributed by atoms with van der Waals surface area (Å²) in [7, 11) is 0. The summed E-state index contributed by atoms with van der Waals surface area (Å²) in [5, 5.41) is 2.78. The maximum absolute atomic E-state index is 13.9. The first-order chi connectivity index (χ1) is 16.4. The molecule has 0 saturated heterocycles. The van der Waals surface area contributed by atoms with Gasteiger partial charge in [0.05, 0.1) is 16.9 Å². The Labute approximate surface area is 211 Å². The van der Waals surface area contributed by atoms with Crippen LogP contribution in [0.3, 0.4) is 0 Å². The second kappa shape index (κ2) is 11.5. The number of nitrogens with zero attached hydrogens (tertiary/aromatic N) is 1. The number of halogens is 3. The van der Waals surface area contributed by atoms with E-state index < -0.39 is 17.6 Å². The largest absolute Gasteiger partial charge is 0.489 e. The van der Waals surface area contributed by atoms with E-state index in [2.05, 4.69) is 4.98 Å². The van der Waals surface area contributed by atoms with Gasteiger partial charge in [0.1, 0.15) is 41.5 Å². The Morgan fingerprint density at radius 1 is 1.06 bits per heavy atom. The van der Waals surface area contributed by atoms with Crippen LogP contribution in [-0.2, 0) is 18.0 Å². The molecule has 0 aliphatic heterocycles. The van der Waals surface area contributed by atoms with Crippen LogP contribution in [-0.4, -0.2) is 17.6 Å². The molecule has 5 nitrogen and oxygen atoms in total. The van der Waals surface area contributed by atoms with Crippen molar-refractivity contribution in [3.63, 3.8) is 0 Å². The monoisotopic (exact) mass is 519 g/mol. The number of esters is 1. The Hall–Kier alpha value is -3.23. The first kappa shape index (κ1) is 26.4. The zero-order chi connectivity index (χ0) is 24.2. The summed E-state index contributed by atoms with van der Waals surface area (Å²) in [5.74, 6) is -0.544. The van der Waals surface area contributed by atoms with Gasteiger partial charge in [-0.05, 0) is 55.1 Å². The summed E-state index contributed by atoms with van der Waals surface area (Å²) in [6, 6.07) is 8.50. The summed E-state index contributed by atoms with van der Waals surface area (Å²) in [6.45, 7) is 3.91. The molecule has 0 atom stereocenters. The second-order valence-electron chi connectivity index (χ2n) is 7.44. The molecule has 4 rings (SSSR count). The van der Waals surface area contributed by atoms with E-state index in [9.17, 15) is 13.6 Å². The molecule has 0 aliphatic rings. The Bertz CT molecular complexity index is 1360. The van der Waals surface area contributed by atoms with Crippen molar-refractivity contribution < 1.29 is 27.8 Å². The van der Waals surface area contributed by atoms with Gasteiger partial charge in [0.25, 0.3) is 0 Å². The summed E-state index contributed by atoms with van der Waals surface area (Å²) >= 11 is 7.69. The third kappa shape index (κ3) is 6.07. The van der Waals surface area contributed by atoms with Gasteiger partial charge in [-0.25, -0.2) is 18.6 Å². The predicted molar refractivity (Wildman–Crippen MR) is 134 cm³/mol. The summed E-state index contributed by atoms with van der Waals surface area (Å²) in [4.78, 5) is 16.4. The van der Waals surface area contributed by atoms with Gasteiger partial charge in [0, 0.05) is 28.8 Å². The first-order valence-electron chi connectivity index (χ1n) is 10.4. The number of aryl methyl sites for hydroxylation is 1. The predicted octanol–water partition coefficient (Wildman–Crippen LogP) is 7.51. The number of fused-ring (bicyclic) bond motifs is 1. The van der Waals surface area contributed by atoms with Crippen molar-refractivity contribution in [3.8, 4) is 11.5 Å². The minimum Gasteiger partial charge on any atom is -0.489 e. The van der Waals surface area contributed by atoms with E-state index >= 15 is 0 Å². The van der Waals surface area contributed by atoms with Crippen LogP contribution in [0.15, 0.2) is 48.0 Å². The lowest BCUT2D eigenvalue weighted by atomic mass is 10.1. The molecule has 184 valence electrons. The van der Waals surface area contributed by atoms with E-state index in [-0.39, 0.29) is 38.0 Å². The van der Waals surface area contributed by atoms with Crippen LogP contribution < -0.4 is 9.47 Å². The smallest absolute Gasteiger partial charge is 0.341 e. The number of ether oxygens (including phenoxy) is 3. The van der Waals surface area contributed by atoms with E-state index in [0.29, 0.717) is 27.1 Å². The summed E-state index contributed by atoms with van der Waals surface area (Å²) < 4.78 is 44.7.